The zero-order chi connectivity index (χ0) is 10.8. The number of carbonyl (C=O) groups is 1. The first-order valence-corrected chi connectivity index (χ1v) is 4.95. The lowest BCUT2D eigenvalue weighted by Gasteiger charge is -2.11. The maximum atomic E-state index is 10.6. The van der Waals surface area contributed by atoms with Crippen molar-refractivity contribution in [2.45, 2.75) is 32.2 Å². The molecular formula is C9H13N3O3. The van der Waals surface area contributed by atoms with Gasteiger partial charge >= 0.3 is 6.09 Å². The molecule has 82 valence electrons. The number of carboxylic acid groups (broad SMARTS) is 1. The Labute approximate surface area is 86.7 Å². The average molecular weight is 211 g/mol. The Kier molecular flexibility index (Phi) is 2.57. The van der Waals surface area contributed by atoms with Gasteiger partial charge in [0.05, 0.1) is 6.04 Å². The summed E-state index contributed by atoms with van der Waals surface area (Å²) in [6, 6.07) is -0.340. The van der Waals surface area contributed by atoms with Gasteiger partial charge in [0.25, 0.3) is 0 Å². The third-order valence-electron chi connectivity index (χ3n) is 2.42. The number of hydrogen-bond donors (Lipinski definition) is 2. The highest BCUT2D eigenvalue weighted by Gasteiger charge is 2.29. The molecule has 0 aromatic carbocycles. The zero-order valence-electron chi connectivity index (χ0n) is 8.43. The highest BCUT2D eigenvalue weighted by Crippen LogP contribution is 2.36. The number of amides is 1. The molecule has 1 fully saturated rings. The van der Waals surface area contributed by atoms with Gasteiger partial charge in [-0.1, -0.05) is 18.0 Å². The van der Waals surface area contributed by atoms with Crippen molar-refractivity contribution in [3.05, 3.63) is 11.7 Å². The van der Waals surface area contributed by atoms with E-state index in [0.29, 0.717) is 17.6 Å². The lowest BCUT2D eigenvalue weighted by molar-refractivity contribution is 0.187. The Morgan fingerprint density at radius 2 is 2.47 bits per heavy atom. The summed E-state index contributed by atoms with van der Waals surface area (Å²) in [5, 5.41) is 14.8. The third-order valence-corrected chi connectivity index (χ3v) is 2.42. The highest BCUT2D eigenvalue weighted by atomic mass is 16.5. The van der Waals surface area contributed by atoms with E-state index in [2.05, 4.69) is 15.5 Å². The topological polar surface area (TPSA) is 88.2 Å². The van der Waals surface area contributed by atoms with Crippen molar-refractivity contribution in [2.24, 2.45) is 5.92 Å². The van der Waals surface area contributed by atoms with E-state index >= 15 is 0 Å². The normalized spacial score (nSPS) is 17.4. The minimum absolute atomic E-state index is 0.340. The Hall–Kier alpha value is -1.59. The van der Waals surface area contributed by atoms with Crippen molar-refractivity contribution < 1.29 is 14.4 Å². The van der Waals surface area contributed by atoms with E-state index < -0.39 is 6.09 Å². The van der Waals surface area contributed by atoms with Gasteiger partial charge in [-0.3, -0.25) is 0 Å². The SMILES string of the molecule is Cc1nc(C(CC2CC2)NC(=O)O)no1. The molecule has 2 rings (SSSR count). The van der Waals surface area contributed by atoms with E-state index in [0.717, 1.165) is 19.3 Å². The smallest absolute Gasteiger partial charge is 0.405 e. The number of hydrogen-bond acceptors (Lipinski definition) is 4. The molecule has 6 heteroatoms. The molecule has 15 heavy (non-hydrogen) atoms. The Morgan fingerprint density at radius 1 is 1.73 bits per heavy atom. The molecule has 1 aliphatic rings. The molecule has 0 aliphatic heterocycles. The van der Waals surface area contributed by atoms with Gasteiger partial charge in [-0.25, -0.2) is 4.79 Å². The number of nitrogens with zero attached hydrogens (tertiary/aromatic N) is 2. The fourth-order valence-electron chi connectivity index (χ4n) is 1.52. The molecule has 1 saturated carbocycles. The maximum Gasteiger partial charge on any atom is 0.405 e. The second-order valence-electron chi connectivity index (χ2n) is 3.85. The quantitative estimate of drug-likeness (QED) is 0.787. The van der Waals surface area contributed by atoms with Crippen molar-refractivity contribution in [1.29, 1.82) is 0 Å². The van der Waals surface area contributed by atoms with Crippen molar-refractivity contribution in [3.8, 4) is 0 Å². The number of rotatable bonds is 4. The molecule has 2 N–H and O–H groups in total. The predicted octanol–water partition coefficient (Wildman–Crippen LogP) is 1.49. The highest BCUT2D eigenvalue weighted by molar-refractivity contribution is 5.64. The molecule has 1 atom stereocenters. The maximum absolute atomic E-state index is 10.6. The van der Waals surface area contributed by atoms with Crippen LogP contribution >= 0.6 is 0 Å². The summed E-state index contributed by atoms with van der Waals surface area (Å²) in [7, 11) is 0. The van der Waals surface area contributed by atoms with E-state index in [1.165, 1.54) is 0 Å². The van der Waals surface area contributed by atoms with E-state index in [-0.39, 0.29) is 6.04 Å². The minimum Gasteiger partial charge on any atom is -0.465 e. The van der Waals surface area contributed by atoms with Gasteiger partial charge < -0.3 is 14.9 Å². The second-order valence-corrected chi connectivity index (χ2v) is 3.85. The molecule has 0 spiro atoms. The van der Waals surface area contributed by atoms with Crippen molar-refractivity contribution in [1.82, 2.24) is 15.5 Å². The monoisotopic (exact) mass is 211 g/mol. The molecule has 0 saturated heterocycles. The summed E-state index contributed by atoms with van der Waals surface area (Å²) in [5.74, 6) is 1.49. The zero-order valence-corrected chi connectivity index (χ0v) is 8.43. The van der Waals surface area contributed by atoms with Gasteiger partial charge in [0, 0.05) is 6.92 Å². The number of aryl methyl sites for hydroxylation is 1. The Morgan fingerprint density at radius 3 is 2.93 bits per heavy atom. The standard InChI is InChI=1S/C9H13N3O3/c1-5-10-8(12-15-5)7(11-9(13)14)4-6-2-3-6/h6-7,11H,2-4H2,1H3,(H,13,14). The molecule has 0 bridgehead atoms. The van der Waals surface area contributed by atoms with E-state index in [4.69, 9.17) is 9.63 Å². The minimum atomic E-state index is -1.05. The molecule has 1 heterocycles. The molecule has 1 aromatic rings. The lowest BCUT2D eigenvalue weighted by atomic mass is 10.1. The summed E-state index contributed by atoms with van der Waals surface area (Å²) in [6.45, 7) is 1.69. The summed E-state index contributed by atoms with van der Waals surface area (Å²) in [4.78, 5) is 14.6. The van der Waals surface area contributed by atoms with Crippen LogP contribution in [0.1, 0.15) is 37.0 Å². The van der Waals surface area contributed by atoms with Gasteiger partial charge in [0.15, 0.2) is 5.82 Å². The van der Waals surface area contributed by atoms with Crippen molar-refractivity contribution in [2.75, 3.05) is 0 Å². The van der Waals surface area contributed by atoms with Crippen LogP contribution in [0.2, 0.25) is 0 Å². The molecule has 0 radical (unpaired) electrons. The summed E-state index contributed by atoms with van der Waals surface area (Å²) in [5.41, 5.74) is 0. The molecule has 1 aromatic heterocycles. The van der Waals surface area contributed by atoms with Crippen LogP contribution in [0.15, 0.2) is 4.52 Å². The van der Waals surface area contributed by atoms with Crippen LogP contribution < -0.4 is 5.32 Å². The first-order valence-electron chi connectivity index (χ1n) is 4.95. The first-order chi connectivity index (χ1) is 7.15. The third kappa shape index (κ3) is 2.68. The molecule has 1 amide bonds. The predicted molar refractivity (Wildman–Crippen MR) is 50.3 cm³/mol. The van der Waals surface area contributed by atoms with Crippen LogP contribution in [0.25, 0.3) is 0 Å². The number of aromatic nitrogens is 2. The summed E-state index contributed by atoms with van der Waals surface area (Å²) < 4.78 is 4.83. The fraction of sp³-hybridized carbons (Fsp3) is 0.667. The first kappa shape index (κ1) is 9.95. The van der Waals surface area contributed by atoms with E-state index in [9.17, 15) is 4.79 Å². The van der Waals surface area contributed by atoms with Crippen LogP contribution in [-0.4, -0.2) is 21.3 Å². The largest absolute Gasteiger partial charge is 0.465 e. The van der Waals surface area contributed by atoms with Gasteiger partial charge in [0.1, 0.15) is 0 Å². The molecule has 1 unspecified atom stereocenters. The fourth-order valence-corrected chi connectivity index (χ4v) is 1.52. The van der Waals surface area contributed by atoms with Crippen LogP contribution in [0.3, 0.4) is 0 Å². The summed E-state index contributed by atoms with van der Waals surface area (Å²) in [6.07, 6.45) is 2.03. The van der Waals surface area contributed by atoms with E-state index in [1.54, 1.807) is 6.92 Å². The van der Waals surface area contributed by atoms with Gasteiger partial charge in [0.2, 0.25) is 5.89 Å². The Balaban J connectivity index is 2.05. The van der Waals surface area contributed by atoms with Crippen LogP contribution in [-0.2, 0) is 0 Å². The van der Waals surface area contributed by atoms with Crippen LogP contribution in [0.5, 0.6) is 0 Å². The van der Waals surface area contributed by atoms with Crippen molar-refractivity contribution >= 4 is 6.09 Å². The Bertz CT molecular complexity index is 359. The van der Waals surface area contributed by atoms with Gasteiger partial charge in [-0.05, 0) is 12.3 Å². The lowest BCUT2D eigenvalue weighted by Crippen LogP contribution is -2.28. The number of nitrogens with one attached hydrogen (secondary N) is 1. The summed E-state index contributed by atoms with van der Waals surface area (Å²) >= 11 is 0. The molecular weight excluding hydrogens is 198 g/mol. The van der Waals surface area contributed by atoms with Crippen LogP contribution in [0.4, 0.5) is 4.79 Å². The molecule has 1 aliphatic carbocycles. The second kappa shape index (κ2) is 3.88. The van der Waals surface area contributed by atoms with Gasteiger partial charge in [-0.15, -0.1) is 0 Å². The van der Waals surface area contributed by atoms with Crippen molar-refractivity contribution in [3.63, 3.8) is 0 Å². The molecule has 6 nitrogen and oxygen atoms in total. The van der Waals surface area contributed by atoms with E-state index in [1.807, 2.05) is 0 Å². The van der Waals surface area contributed by atoms with Gasteiger partial charge in [-0.2, -0.15) is 4.98 Å². The average Bonchev–Trinajstić information content (AvgIpc) is 2.85. The van der Waals surface area contributed by atoms with Crippen LogP contribution in [0, 0.1) is 12.8 Å².